The van der Waals surface area contributed by atoms with Crippen LogP contribution >= 0.6 is 0 Å². The van der Waals surface area contributed by atoms with Crippen LogP contribution < -0.4 is 5.32 Å². The highest BCUT2D eigenvalue weighted by Gasteiger charge is 2.27. The molecule has 0 amide bonds. The lowest BCUT2D eigenvalue weighted by Gasteiger charge is -2.28. The number of nitrogens with one attached hydrogen (secondary N) is 1. The maximum atomic E-state index is 4.94. The third-order valence-corrected chi connectivity index (χ3v) is 4.99. The molecule has 2 aliphatic rings. The van der Waals surface area contributed by atoms with Crippen LogP contribution in [0.3, 0.4) is 0 Å². The number of piperidine rings is 1. The lowest BCUT2D eigenvalue weighted by atomic mass is 9.84. The summed E-state index contributed by atoms with van der Waals surface area (Å²) in [6, 6.07) is 8.64. The Hall–Kier alpha value is -1.35. The average Bonchev–Trinajstić information content (AvgIpc) is 2.77. The van der Waals surface area contributed by atoms with Gasteiger partial charge in [-0.25, -0.2) is 4.98 Å². The number of hydrogen-bond acceptors (Lipinski definition) is 2. The van der Waals surface area contributed by atoms with Crippen LogP contribution in [0, 0.1) is 5.92 Å². The normalized spacial score (nSPS) is 23.9. The molecule has 1 N–H and O–H groups in total. The van der Waals surface area contributed by atoms with Crippen LogP contribution in [0.1, 0.15) is 43.8 Å². The number of aromatic nitrogens is 2. The van der Waals surface area contributed by atoms with Gasteiger partial charge < -0.3 is 9.88 Å². The van der Waals surface area contributed by atoms with E-state index in [0.29, 0.717) is 5.92 Å². The van der Waals surface area contributed by atoms with Gasteiger partial charge >= 0.3 is 0 Å². The maximum Gasteiger partial charge on any atom is 0.112 e. The zero-order chi connectivity index (χ0) is 13.4. The first-order valence-corrected chi connectivity index (χ1v) is 8.08. The first-order valence-electron chi connectivity index (χ1n) is 8.08. The molecule has 1 aromatic carbocycles. The van der Waals surface area contributed by atoms with Crippen molar-refractivity contribution in [2.45, 2.75) is 44.6 Å². The number of hydrogen-bond donors (Lipinski definition) is 1. The van der Waals surface area contributed by atoms with Crippen LogP contribution in [0.2, 0.25) is 0 Å². The first kappa shape index (κ1) is 12.4. The molecule has 20 heavy (non-hydrogen) atoms. The number of benzene rings is 1. The summed E-state index contributed by atoms with van der Waals surface area (Å²) in [6.45, 7) is 3.49. The van der Waals surface area contributed by atoms with Crippen molar-refractivity contribution in [1.82, 2.24) is 14.9 Å². The van der Waals surface area contributed by atoms with Crippen LogP contribution in [0.5, 0.6) is 0 Å². The number of rotatable bonds is 3. The zero-order valence-electron chi connectivity index (χ0n) is 12.0. The van der Waals surface area contributed by atoms with E-state index in [4.69, 9.17) is 4.98 Å². The van der Waals surface area contributed by atoms with Gasteiger partial charge in [0, 0.05) is 12.5 Å². The molecule has 106 valence electrons. The molecule has 2 heterocycles. The van der Waals surface area contributed by atoms with Gasteiger partial charge in [-0.1, -0.05) is 18.6 Å². The van der Waals surface area contributed by atoms with E-state index in [1.54, 1.807) is 0 Å². The Morgan fingerprint density at radius 2 is 2.05 bits per heavy atom. The first-order chi connectivity index (χ1) is 9.92. The average molecular weight is 269 g/mol. The minimum absolute atomic E-state index is 0.707. The summed E-state index contributed by atoms with van der Waals surface area (Å²) in [7, 11) is 0. The third-order valence-electron chi connectivity index (χ3n) is 4.99. The zero-order valence-corrected chi connectivity index (χ0v) is 12.0. The molecule has 0 bridgehead atoms. The quantitative estimate of drug-likeness (QED) is 0.926. The predicted molar refractivity (Wildman–Crippen MR) is 81.9 cm³/mol. The third kappa shape index (κ3) is 2.14. The second-order valence-corrected chi connectivity index (χ2v) is 6.41. The van der Waals surface area contributed by atoms with Crippen molar-refractivity contribution in [3.63, 3.8) is 0 Å². The van der Waals surface area contributed by atoms with Crippen LogP contribution in [-0.4, -0.2) is 22.6 Å². The van der Waals surface area contributed by atoms with Crippen molar-refractivity contribution in [2.75, 3.05) is 13.1 Å². The van der Waals surface area contributed by atoms with Crippen molar-refractivity contribution >= 4 is 11.0 Å². The maximum absolute atomic E-state index is 4.94. The van der Waals surface area contributed by atoms with Crippen LogP contribution in [0.25, 0.3) is 11.0 Å². The van der Waals surface area contributed by atoms with Crippen molar-refractivity contribution in [2.24, 2.45) is 5.92 Å². The van der Waals surface area contributed by atoms with Gasteiger partial charge in [-0.2, -0.15) is 0 Å². The summed E-state index contributed by atoms with van der Waals surface area (Å²) >= 11 is 0. The number of nitrogens with zero attached hydrogens (tertiary/aromatic N) is 2. The summed E-state index contributed by atoms with van der Waals surface area (Å²) in [5.41, 5.74) is 2.51. The van der Waals surface area contributed by atoms with Gasteiger partial charge in [0.15, 0.2) is 0 Å². The molecule has 1 aromatic heterocycles. The van der Waals surface area contributed by atoms with Crippen molar-refractivity contribution in [3.05, 3.63) is 30.1 Å². The summed E-state index contributed by atoms with van der Waals surface area (Å²) in [5, 5.41) is 3.54. The SMILES string of the molecule is c1ccc2c(c1)nc(C1CCC1)n2CC1CCCNC1. The van der Waals surface area contributed by atoms with E-state index < -0.39 is 0 Å². The van der Waals surface area contributed by atoms with Crippen molar-refractivity contribution < 1.29 is 0 Å². The van der Waals surface area contributed by atoms with E-state index in [2.05, 4.69) is 34.1 Å². The van der Waals surface area contributed by atoms with Gasteiger partial charge in [0.05, 0.1) is 11.0 Å². The highest BCUT2D eigenvalue weighted by molar-refractivity contribution is 5.76. The molecule has 1 aliphatic heterocycles. The Labute approximate surface area is 120 Å². The summed E-state index contributed by atoms with van der Waals surface area (Å²) in [4.78, 5) is 4.94. The fourth-order valence-electron chi connectivity index (χ4n) is 3.60. The molecule has 0 spiro atoms. The monoisotopic (exact) mass is 269 g/mol. The Balaban J connectivity index is 1.70. The van der Waals surface area contributed by atoms with Crippen LogP contribution in [-0.2, 0) is 6.54 Å². The minimum Gasteiger partial charge on any atom is -0.327 e. The molecule has 1 saturated heterocycles. The van der Waals surface area contributed by atoms with E-state index in [0.717, 1.165) is 19.0 Å². The second kappa shape index (κ2) is 5.21. The smallest absolute Gasteiger partial charge is 0.112 e. The largest absolute Gasteiger partial charge is 0.327 e. The van der Waals surface area contributed by atoms with Gasteiger partial charge in [-0.3, -0.25) is 0 Å². The van der Waals surface area contributed by atoms with Crippen molar-refractivity contribution in [1.29, 1.82) is 0 Å². The molecule has 1 aliphatic carbocycles. The fraction of sp³-hybridized carbons (Fsp3) is 0.588. The van der Waals surface area contributed by atoms with E-state index >= 15 is 0 Å². The van der Waals surface area contributed by atoms with E-state index in [1.165, 1.54) is 55.5 Å². The van der Waals surface area contributed by atoms with Gasteiger partial charge in [0.2, 0.25) is 0 Å². The van der Waals surface area contributed by atoms with E-state index in [-0.39, 0.29) is 0 Å². The Bertz CT molecular complexity index is 591. The minimum atomic E-state index is 0.707. The molecular formula is C17H23N3. The molecule has 4 rings (SSSR count). The predicted octanol–water partition coefficient (Wildman–Crippen LogP) is 3.30. The van der Waals surface area contributed by atoms with E-state index in [9.17, 15) is 0 Å². The summed E-state index contributed by atoms with van der Waals surface area (Å²) in [5.74, 6) is 2.82. The highest BCUT2D eigenvalue weighted by Crippen LogP contribution is 2.37. The number of imidazole rings is 1. The van der Waals surface area contributed by atoms with Gasteiger partial charge in [0.25, 0.3) is 0 Å². The second-order valence-electron chi connectivity index (χ2n) is 6.41. The number of fused-ring (bicyclic) bond motifs is 1. The molecule has 3 nitrogen and oxygen atoms in total. The van der Waals surface area contributed by atoms with Gasteiger partial charge in [-0.05, 0) is 56.8 Å². The molecule has 1 atom stereocenters. The Morgan fingerprint density at radius 1 is 1.15 bits per heavy atom. The molecule has 2 fully saturated rings. The molecule has 3 heteroatoms. The molecule has 2 aromatic rings. The Morgan fingerprint density at radius 3 is 2.80 bits per heavy atom. The molecule has 1 unspecified atom stereocenters. The van der Waals surface area contributed by atoms with Crippen LogP contribution in [0.4, 0.5) is 0 Å². The molecular weight excluding hydrogens is 246 g/mol. The lowest BCUT2D eigenvalue weighted by molar-refractivity contribution is 0.322. The van der Waals surface area contributed by atoms with E-state index in [1.807, 2.05) is 0 Å². The topological polar surface area (TPSA) is 29.9 Å². The van der Waals surface area contributed by atoms with Crippen molar-refractivity contribution in [3.8, 4) is 0 Å². The molecule has 0 radical (unpaired) electrons. The lowest BCUT2D eigenvalue weighted by Crippen LogP contribution is -2.32. The number of para-hydroxylation sites is 2. The summed E-state index contributed by atoms with van der Waals surface area (Å²) < 4.78 is 2.52. The fourth-order valence-corrected chi connectivity index (χ4v) is 3.60. The van der Waals surface area contributed by atoms with Crippen LogP contribution in [0.15, 0.2) is 24.3 Å². The highest BCUT2D eigenvalue weighted by atomic mass is 15.1. The van der Waals surface area contributed by atoms with Gasteiger partial charge in [-0.15, -0.1) is 0 Å². The Kier molecular flexibility index (Phi) is 3.23. The van der Waals surface area contributed by atoms with Gasteiger partial charge in [0.1, 0.15) is 5.82 Å². The standard InChI is InChI=1S/C17H23N3/c1-2-9-16-15(8-1)19-17(14-6-3-7-14)20(16)12-13-5-4-10-18-11-13/h1-2,8-9,13-14,18H,3-7,10-12H2. The summed E-state index contributed by atoms with van der Waals surface area (Å²) in [6.07, 6.45) is 6.69. The molecule has 1 saturated carbocycles.